The van der Waals surface area contributed by atoms with Crippen LogP contribution >= 0.6 is 0 Å². The molecule has 2 rings (SSSR count). The Balaban J connectivity index is 2.09. The maximum Gasteiger partial charge on any atom is 0.315 e. The molecule has 4 heteroatoms. The molecule has 2 aliphatic rings. The lowest BCUT2D eigenvalue weighted by molar-refractivity contribution is 0.179. The quantitative estimate of drug-likeness (QED) is 0.442. The summed E-state index contributed by atoms with van der Waals surface area (Å²) in [5.41, 5.74) is 0. The van der Waals surface area contributed by atoms with Crippen LogP contribution in [0.2, 0.25) is 0 Å². The molecule has 2 amide bonds. The summed E-state index contributed by atoms with van der Waals surface area (Å²) < 4.78 is 5.08. The molecule has 0 bridgehead atoms. The average molecular weight is 128 g/mol. The normalized spacial score (nSPS) is 39.8. The molecule has 0 saturated carbocycles. The molecule has 0 radical (unpaired) electrons. The lowest BCUT2D eigenvalue weighted by atomic mass is 10.2. The van der Waals surface area contributed by atoms with Crippen LogP contribution in [0.15, 0.2) is 0 Å². The van der Waals surface area contributed by atoms with Gasteiger partial charge in [0.05, 0.1) is 25.3 Å². The van der Waals surface area contributed by atoms with Crippen LogP contribution in [-0.4, -0.2) is 31.3 Å². The maximum atomic E-state index is 10.6. The van der Waals surface area contributed by atoms with E-state index < -0.39 is 0 Å². The van der Waals surface area contributed by atoms with E-state index in [-0.39, 0.29) is 18.1 Å². The highest BCUT2D eigenvalue weighted by Gasteiger charge is 2.35. The van der Waals surface area contributed by atoms with Crippen molar-refractivity contribution in [3.05, 3.63) is 0 Å². The van der Waals surface area contributed by atoms with E-state index in [1.54, 1.807) is 0 Å². The van der Waals surface area contributed by atoms with E-state index in [1.165, 1.54) is 0 Å². The van der Waals surface area contributed by atoms with Gasteiger partial charge in [-0.3, -0.25) is 0 Å². The monoisotopic (exact) mass is 128 g/mol. The second-order valence-corrected chi connectivity index (χ2v) is 2.37. The van der Waals surface area contributed by atoms with Gasteiger partial charge in [-0.05, 0) is 0 Å². The number of amides is 2. The van der Waals surface area contributed by atoms with Gasteiger partial charge >= 0.3 is 6.03 Å². The fourth-order valence-electron chi connectivity index (χ4n) is 1.22. The van der Waals surface area contributed by atoms with Gasteiger partial charge in [0, 0.05) is 0 Å². The van der Waals surface area contributed by atoms with Crippen molar-refractivity contribution in [1.29, 1.82) is 0 Å². The van der Waals surface area contributed by atoms with Crippen molar-refractivity contribution in [3.63, 3.8) is 0 Å². The predicted molar refractivity (Wildman–Crippen MR) is 30.1 cm³/mol. The van der Waals surface area contributed by atoms with Crippen molar-refractivity contribution in [3.8, 4) is 0 Å². The Morgan fingerprint density at radius 1 is 1.33 bits per heavy atom. The third-order valence-electron chi connectivity index (χ3n) is 1.71. The molecule has 0 aromatic rings. The summed E-state index contributed by atoms with van der Waals surface area (Å²) in [6.07, 6.45) is 0. The smallest absolute Gasteiger partial charge is 0.315 e. The summed E-state index contributed by atoms with van der Waals surface area (Å²) >= 11 is 0. The summed E-state index contributed by atoms with van der Waals surface area (Å²) in [7, 11) is 0. The minimum Gasteiger partial charge on any atom is -0.377 e. The summed E-state index contributed by atoms with van der Waals surface area (Å²) in [5, 5.41) is 5.48. The van der Waals surface area contributed by atoms with E-state index >= 15 is 0 Å². The van der Waals surface area contributed by atoms with E-state index in [1.807, 2.05) is 0 Å². The third-order valence-corrected chi connectivity index (χ3v) is 1.71. The molecule has 2 aliphatic heterocycles. The number of urea groups is 1. The Morgan fingerprint density at radius 2 is 1.89 bits per heavy atom. The average Bonchev–Trinajstić information content (AvgIpc) is 2.22. The van der Waals surface area contributed by atoms with Crippen LogP contribution in [0, 0.1) is 0 Å². The number of hydrogen-bond acceptors (Lipinski definition) is 2. The van der Waals surface area contributed by atoms with E-state index in [9.17, 15) is 4.79 Å². The number of ether oxygens (including phenoxy) is 1. The first kappa shape index (κ1) is 5.05. The molecule has 0 aromatic heterocycles. The van der Waals surface area contributed by atoms with Gasteiger partial charge in [0.15, 0.2) is 0 Å². The molecular formula is C5H8N2O2. The zero-order chi connectivity index (χ0) is 6.27. The van der Waals surface area contributed by atoms with Crippen LogP contribution < -0.4 is 10.6 Å². The van der Waals surface area contributed by atoms with E-state index in [0.717, 1.165) is 0 Å². The molecule has 4 nitrogen and oxygen atoms in total. The van der Waals surface area contributed by atoms with Crippen molar-refractivity contribution in [1.82, 2.24) is 10.6 Å². The Hall–Kier alpha value is -0.770. The summed E-state index contributed by atoms with van der Waals surface area (Å²) in [6.45, 7) is 1.31. The van der Waals surface area contributed by atoms with Crippen LogP contribution in [0.4, 0.5) is 4.79 Å². The fourth-order valence-corrected chi connectivity index (χ4v) is 1.22. The van der Waals surface area contributed by atoms with Gasteiger partial charge in [-0.15, -0.1) is 0 Å². The highest BCUT2D eigenvalue weighted by atomic mass is 16.5. The minimum absolute atomic E-state index is 0.0618. The van der Waals surface area contributed by atoms with Gasteiger partial charge in [-0.1, -0.05) is 0 Å². The zero-order valence-electron chi connectivity index (χ0n) is 4.89. The molecule has 0 spiro atoms. The molecule has 2 N–H and O–H groups in total. The van der Waals surface area contributed by atoms with Crippen LogP contribution in [0.25, 0.3) is 0 Å². The summed E-state index contributed by atoms with van der Waals surface area (Å²) in [6, 6.07) is 0.378. The van der Waals surface area contributed by atoms with Gasteiger partial charge in [-0.2, -0.15) is 0 Å². The summed E-state index contributed by atoms with van der Waals surface area (Å²) in [4.78, 5) is 10.6. The van der Waals surface area contributed by atoms with Crippen LogP contribution in [0.5, 0.6) is 0 Å². The molecule has 0 aromatic carbocycles. The number of carbonyl (C=O) groups excluding carboxylic acids is 1. The van der Waals surface area contributed by atoms with Gasteiger partial charge in [0.25, 0.3) is 0 Å². The van der Waals surface area contributed by atoms with Gasteiger partial charge in [-0.25, -0.2) is 4.79 Å². The number of rotatable bonds is 0. The van der Waals surface area contributed by atoms with Crippen molar-refractivity contribution in [2.45, 2.75) is 12.1 Å². The van der Waals surface area contributed by atoms with Crippen molar-refractivity contribution in [2.24, 2.45) is 0 Å². The van der Waals surface area contributed by atoms with Gasteiger partial charge in [0.2, 0.25) is 0 Å². The molecule has 0 unspecified atom stereocenters. The molecule has 2 saturated heterocycles. The first-order chi connectivity index (χ1) is 4.36. The standard InChI is InChI=1S/C5H8N2O2/c8-5-6-3-1-9-2-4(3)7-5/h3-4H,1-2H2,(H2,6,7,8)/t3-,4+. The first-order valence-corrected chi connectivity index (χ1v) is 3.01. The minimum atomic E-state index is -0.0618. The number of fused-ring (bicyclic) bond motifs is 1. The lowest BCUT2D eigenvalue weighted by Crippen LogP contribution is -2.31. The van der Waals surface area contributed by atoms with Crippen molar-refractivity contribution < 1.29 is 9.53 Å². The van der Waals surface area contributed by atoms with Crippen molar-refractivity contribution >= 4 is 6.03 Å². The molecule has 0 aliphatic carbocycles. The lowest BCUT2D eigenvalue weighted by Gasteiger charge is -2.00. The number of carbonyl (C=O) groups is 1. The third kappa shape index (κ3) is 0.666. The Kier molecular flexibility index (Phi) is 0.900. The summed E-state index contributed by atoms with van der Waals surface area (Å²) in [5.74, 6) is 0. The Labute approximate surface area is 52.6 Å². The maximum absolute atomic E-state index is 10.6. The zero-order valence-corrected chi connectivity index (χ0v) is 4.89. The highest BCUT2D eigenvalue weighted by Crippen LogP contribution is 2.09. The van der Waals surface area contributed by atoms with Crippen LogP contribution in [0.3, 0.4) is 0 Å². The second kappa shape index (κ2) is 1.60. The van der Waals surface area contributed by atoms with E-state index in [4.69, 9.17) is 4.74 Å². The predicted octanol–water partition coefficient (Wildman–Crippen LogP) is -0.933. The van der Waals surface area contributed by atoms with E-state index in [0.29, 0.717) is 13.2 Å². The molecule has 2 fully saturated rings. The number of nitrogens with one attached hydrogen (secondary N) is 2. The Bertz CT molecular complexity index is 134. The molecule has 9 heavy (non-hydrogen) atoms. The SMILES string of the molecule is O=C1N[C@H]2COC[C@H]2N1. The van der Waals surface area contributed by atoms with E-state index in [2.05, 4.69) is 10.6 Å². The van der Waals surface area contributed by atoms with Crippen LogP contribution in [-0.2, 0) is 4.74 Å². The molecule has 2 atom stereocenters. The van der Waals surface area contributed by atoms with Crippen LogP contribution in [0.1, 0.15) is 0 Å². The molecular weight excluding hydrogens is 120 g/mol. The molecule has 50 valence electrons. The topological polar surface area (TPSA) is 50.4 Å². The largest absolute Gasteiger partial charge is 0.377 e. The van der Waals surface area contributed by atoms with Gasteiger partial charge < -0.3 is 15.4 Å². The number of hydrogen-bond donors (Lipinski definition) is 2. The highest BCUT2D eigenvalue weighted by molar-refractivity contribution is 5.77. The fraction of sp³-hybridized carbons (Fsp3) is 0.800. The first-order valence-electron chi connectivity index (χ1n) is 3.01. The van der Waals surface area contributed by atoms with Gasteiger partial charge in [0.1, 0.15) is 0 Å². The Morgan fingerprint density at radius 3 is 2.44 bits per heavy atom. The molecule has 2 heterocycles. The second-order valence-electron chi connectivity index (χ2n) is 2.37. The van der Waals surface area contributed by atoms with Crippen molar-refractivity contribution in [2.75, 3.05) is 13.2 Å².